The summed E-state index contributed by atoms with van der Waals surface area (Å²) in [5, 5.41) is 2.78. The van der Waals surface area contributed by atoms with Crippen LogP contribution >= 0.6 is 0 Å². The summed E-state index contributed by atoms with van der Waals surface area (Å²) in [6, 6.07) is 12.6. The molecule has 0 aliphatic rings. The molecule has 0 atom stereocenters. The van der Waals surface area contributed by atoms with Crippen LogP contribution in [0.15, 0.2) is 42.5 Å². The molecule has 0 unspecified atom stereocenters. The highest BCUT2D eigenvalue weighted by Gasteiger charge is 2.19. The molecule has 5 heteroatoms. The lowest BCUT2D eigenvalue weighted by molar-refractivity contribution is -0.118. The number of hydrogen-bond acceptors (Lipinski definition) is 4. The minimum Gasteiger partial charge on any atom is -0.483 e. The second-order valence-electron chi connectivity index (χ2n) is 8.66. The zero-order valence-electron chi connectivity index (χ0n) is 18.2. The Bertz CT molecular complexity index is 848. The predicted molar refractivity (Wildman–Crippen MR) is 116 cm³/mol. The van der Waals surface area contributed by atoms with Crippen molar-refractivity contribution in [3.63, 3.8) is 0 Å². The average molecular weight is 398 g/mol. The fourth-order valence-electron chi connectivity index (χ4n) is 2.71. The van der Waals surface area contributed by atoms with E-state index in [9.17, 15) is 9.59 Å². The average Bonchev–Trinajstić information content (AvgIpc) is 2.65. The van der Waals surface area contributed by atoms with E-state index in [0.717, 1.165) is 11.1 Å². The van der Waals surface area contributed by atoms with Crippen LogP contribution in [0.3, 0.4) is 0 Å². The first kappa shape index (κ1) is 22.5. The highest BCUT2D eigenvalue weighted by Crippen LogP contribution is 2.32. The molecule has 0 heterocycles. The summed E-state index contributed by atoms with van der Waals surface area (Å²) < 4.78 is 11.0. The topological polar surface area (TPSA) is 64.6 Å². The lowest BCUT2D eigenvalue weighted by atomic mass is 9.85. The van der Waals surface area contributed by atoms with Gasteiger partial charge in [0.15, 0.2) is 6.61 Å². The zero-order chi connectivity index (χ0) is 21.6. The molecule has 0 aromatic heterocycles. The zero-order valence-corrected chi connectivity index (χ0v) is 18.2. The van der Waals surface area contributed by atoms with Crippen LogP contribution in [0.4, 0.5) is 5.69 Å². The maximum Gasteiger partial charge on any atom is 0.338 e. The molecular formula is C24H31NO4. The van der Waals surface area contributed by atoms with E-state index in [2.05, 4.69) is 32.2 Å². The number of aryl methyl sites for hydroxylation is 1. The number of hydrogen-bond donors (Lipinski definition) is 1. The number of carbonyl (C=O) groups excluding carboxylic acids is 2. The Morgan fingerprint density at radius 1 is 1.03 bits per heavy atom. The van der Waals surface area contributed by atoms with Crippen molar-refractivity contribution in [2.24, 2.45) is 5.92 Å². The number of nitrogens with one attached hydrogen (secondary N) is 1. The van der Waals surface area contributed by atoms with Gasteiger partial charge >= 0.3 is 5.97 Å². The Hall–Kier alpha value is -2.82. The van der Waals surface area contributed by atoms with Crippen molar-refractivity contribution in [3.8, 4) is 5.75 Å². The fourth-order valence-corrected chi connectivity index (χ4v) is 2.71. The van der Waals surface area contributed by atoms with Crippen molar-refractivity contribution in [3.05, 3.63) is 59.2 Å². The van der Waals surface area contributed by atoms with Gasteiger partial charge in [0.1, 0.15) is 5.75 Å². The molecular weight excluding hydrogens is 366 g/mol. The Labute approximate surface area is 173 Å². The number of carbonyl (C=O) groups is 2. The minimum atomic E-state index is -0.367. The van der Waals surface area contributed by atoms with E-state index >= 15 is 0 Å². The van der Waals surface area contributed by atoms with Gasteiger partial charge in [-0.25, -0.2) is 4.79 Å². The predicted octanol–water partition coefficient (Wildman–Crippen LogP) is 5.12. The van der Waals surface area contributed by atoms with Gasteiger partial charge in [0.2, 0.25) is 0 Å². The molecule has 156 valence electrons. The third-order valence-corrected chi connectivity index (χ3v) is 4.25. The highest BCUT2D eigenvalue weighted by atomic mass is 16.5. The maximum absolute atomic E-state index is 12.3. The molecule has 2 rings (SSSR count). The van der Waals surface area contributed by atoms with E-state index in [1.807, 2.05) is 32.9 Å². The molecule has 0 radical (unpaired) electrons. The lowest BCUT2D eigenvalue weighted by Crippen LogP contribution is -2.22. The van der Waals surface area contributed by atoms with Crippen molar-refractivity contribution in [1.82, 2.24) is 0 Å². The quantitative estimate of drug-likeness (QED) is 0.659. The number of ether oxygens (including phenoxy) is 2. The van der Waals surface area contributed by atoms with Crippen LogP contribution in [0.1, 0.15) is 56.1 Å². The minimum absolute atomic E-state index is 0.0855. The van der Waals surface area contributed by atoms with Crippen molar-refractivity contribution in [2.75, 3.05) is 18.5 Å². The van der Waals surface area contributed by atoms with Crippen molar-refractivity contribution < 1.29 is 19.1 Å². The molecule has 0 spiro atoms. The van der Waals surface area contributed by atoms with Gasteiger partial charge in [0.05, 0.1) is 12.2 Å². The Kier molecular flexibility index (Phi) is 7.43. The second-order valence-corrected chi connectivity index (χ2v) is 8.66. The number of amides is 1. The molecule has 1 N–H and O–H groups in total. The summed E-state index contributed by atoms with van der Waals surface area (Å²) in [6.07, 6.45) is 0. The monoisotopic (exact) mass is 397 g/mol. The Morgan fingerprint density at radius 3 is 2.28 bits per heavy atom. The summed E-state index contributed by atoms with van der Waals surface area (Å²) in [5.74, 6) is 0.362. The summed E-state index contributed by atoms with van der Waals surface area (Å²) >= 11 is 0. The van der Waals surface area contributed by atoms with E-state index in [-0.39, 0.29) is 29.8 Å². The number of anilines is 1. The highest BCUT2D eigenvalue weighted by molar-refractivity contribution is 5.93. The summed E-state index contributed by atoms with van der Waals surface area (Å²) in [5.41, 5.74) is 3.18. The van der Waals surface area contributed by atoms with E-state index in [0.29, 0.717) is 23.6 Å². The molecule has 0 saturated heterocycles. The normalized spacial score (nSPS) is 11.3. The van der Waals surface area contributed by atoms with Gasteiger partial charge in [0, 0.05) is 5.69 Å². The molecule has 2 aromatic rings. The molecule has 0 aliphatic heterocycles. The van der Waals surface area contributed by atoms with Gasteiger partial charge in [-0.05, 0) is 54.2 Å². The van der Waals surface area contributed by atoms with Crippen LogP contribution in [0.2, 0.25) is 0 Å². The van der Waals surface area contributed by atoms with Crippen molar-refractivity contribution in [2.45, 2.75) is 47.0 Å². The standard InChI is InChI=1S/C24H31NO4/c1-16(2)14-29-23(27)18-8-10-19(11-9-18)25-22(26)15-28-21-12-7-17(3)13-20(21)24(4,5)6/h7-13,16H,14-15H2,1-6H3,(H,25,26). The second kappa shape index (κ2) is 9.59. The van der Waals surface area contributed by atoms with E-state index in [1.165, 1.54) is 0 Å². The Morgan fingerprint density at radius 2 is 1.69 bits per heavy atom. The third-order valence-electron chi connectivity index (χ3n) is 4.25. The lowest BCUT2D eigenvalue weighted by Gasteiger charge is -2.23. The van der Waals surface area contributed by atoms with Gasteiger partial charge < -0.3 is 14.8 Å². The van der Waals surface area contributed by atoms with Crippen LogP contribution in [0.5, 0.6) is 5.75 Å². The van der Waals surface area contributed by atoms with Crippen LogP contribution in [0.25, 0.3) is 0 Å². The molecule has 2 aromatic carbocycles. The van der Waals surface area contributed by atoms with Crippen molar-refractivity contribution in [1.29, 1.82) is 0 Å². The van der Waals surface area contributed by atoms with Gasteiger partial charge in [-0.2, -0.15) is 0 Å². The fraction of sp³-hybridized carbons (Fsp3) is 0.417. The molecule has 29 heavy (non-hydrogen) atoms. The Balaban J connectivity index is 1.94. The molecule has 0 aliphatic carbocycles. The third kappa shape index (κ3) is 6.93. The summed E-state index contributed by atoms with van der Waals surface area (Å²) in [4.78, 5) is 24.2. The summed E-state index contributed by atoms with van der Waals surface area (Å²) in [6.45, 7) is 12.6. The first-order chi connectivity index (χ1) is 13.6. The smallest absolute Gasteiger partial charge is 0.338 e. The summed E-state index contributed by atoms with van der Waals surface area (Å²) in [7, 11) is 0. The molecule has 0 bridgehead atoms. The molecule has 0 fully saturated rings. The van der Waals surface area contributed by atoms with Gasteiger partial charge in [-0.1, -0.05) is 52.3 Å². The van der Waals surface area contributed by atoms with Gasteiger partial charge in [-0.15, -0.1) is 0 Å². The number of benzene rings is 2. The first-order valence-electron chi connectivity index (χ1n) is 9.87. The largest absolute Gasteiger partial charge is 0.483 e. The van der Waals surface area contributed by atoms with Crippen LogP contribution in [-0.2, 0) is 14.9 Å². The number of esters is 1. The van der Waals surface area contributed by atoms with Crippen molar-refractivity contribution >= 4 is 17.6 Å². The first-order valence-corrected chi connectivity index (χ1v) is 9.87. The van der Waals surface area contributed by atoms with Crippen LogP contribution in [0, 0.1) is 12.8 Å². The SMILES string of the molecule is Cc1ccc(OCC(=O)Nc2ccc(C(=O)OCC(C)C)cc2)c(C(C)(C)C)c1. The maximum atomic E-state index is 12.3. The van der Waals surface area contributed by atoms with E-state index < -0.39 is 0 Å². The van der Waals surface area contributed by atoms with E-state index in [1.54, 1.807) is 24.3 Å². The molecule has 1 amide bonds. The molecule has 5 nitrogen and oxygen atoms in total. The van der Waals surface area contributed by atoms with Gasteiger partial charge in [0.25, 0.3) is 5.91 Å². The number of rotatable bonds is 7. The molecule has 0 saturated carbocycles. The van der Waals surface area contributed by atoms with Gasteiger partial charge in [-0.3, -0.25) is 4.79 Å². The van der Waals surface area contributed by atoms with E-state index in [4.69, 9.17) is 9.47 Å². The van der Waals surface area contributed by atoms with Crippen LogP contribution < -0.4 is 10.1 Å². The van der Waals surface area contributed by atoms with Crippen LogP contribution in [-0.4, -0.2) is 25.1 Å².